The number of phenolic OH excluding ortho intramolecular Hbond substituents is 1. The summed E-state index contributed by atoms with van der Waals surface area (Å²) >= 11 is 0. The summed E-state index contributed by atoms with van der Waals surface area (Å²) in [5.41, 5.74) is 1.17. The molecule has 0 saturated carbocycles. The van der Waals surface area contributed by atoms with E-state index in [-0.39, 0.29) is 0 Å². The Morgan fingerprint density at radius 1 is 1.00 bits per heavy atom. The zero-order chi connectivity index (χ0) is 14.0. The first-order valence-electron chi connectivity index (χ1n) is 6.26. The fourth-order valence-electron chi connectivity index (χ4n) is 2.02. The van der Waals surface area contributed by atoms with Crippen molar-refractivity contribution in [3.63, 3.8) is 0 Å². The highest BCUT2D eigenvalue weighted by molar-refractivity contribution is 7.55. The van der Waals surface area contributed by atoms with Crippen LogP contribution in [-0.4, -0.2) is 10.2 Å². The number of aliphatic hydroxyl groups is 1. The van der Waals surface area contributed by atoms with Crippen LogP contribution in [0.1, 0.15) is 25.0 Å². The first-order chi connectivity index (χ1) is 8.88. The Bertz CT molecular complexity index is 586. The molecule has 1 atom stereocenters. The zero-order valence-electron chi connectivity index (χ0n) is 11.4. The second-order valence-corrected chi connectivity index (χ2v) is 6.58. The molecule has 0 aliphatic carbocycles. The maximum atomic E-state index is 10.2. The summed E-state index contributed by atoms with van der Waals surface area (Å²) in [6.07, 6.45) is 0. The van der Waals surface area contributed by atoms with Crippen LogP contribution in [0, 0.1) is 6.92 Å². The third-order valence-electron chi connectivity index (χ3n) is 3.01. The molecule has 0 fully saturated rings. The molecule has 0 aromatic heterocycles. The van der Waals surface area contributed by atoms with E-state index < -0.39 is 5.60 Å². The van der Waals surface area contributed by atoms with E-state index in [9.17, 15) is 10.2 Å². The predicted octanol–water partition coefficient (Wildman–Crippen LogP) is 2.56. The Morgan fingerprint density at radius 2 is 1.68 bits per heavy atom. The van der Waals surface area contributed by atoms with E-state index in [1.807, 2.05) is 43.3 Å². The Kier molecular flexibility index (Phi) is 3.93. The normalized spacial score (nSPS) is 12.2. The van der Waals surface area contributed by atoms with Gasteiger partial charge in [0, 0.05) is 5.30 Å². The summed E-state index contributed by atoms with van der Waals surface area (Å²) in [5.74, 6) is 0.314. The second kappa shape index (κ2) is 5.32. The minimum Gasteiger partial charge on any atom is -0.507 e. The molecule has 100 valence electrons. The molecule has 19 heavy (non-hydrogen) atoms. The van der Waals surface area contributed by atoms with Gasteiger partial charge in [0.15, 0.2) is 0 Å². The van der Waals surface area contributed by atoms with Gasteiger partial charge in [0.25, 0.3) is 0 Å². The van der Waals surface area contributed by atoms with Crippen LogP contribution in [0.4, 0.5) is 0 Å². The monoisotopic (exact) mass is 274 g/mol. The van der Waals surface area contributed by atoms with Gasteiger partial charge in [-0.15, -0.1) is 0 Å². The molecule has 0 aliphatic heterocycles. The van der Waals surface area contributed by atoms with Gasteiger partial charge in [-0.05, 0) is 43.8 Å². The van der Waals surface area contributed by atoms with Crippen molar-refractivity contribution in [2.75, 3.05) is 0 Å². The van der Waals surface area contributed by atoms with E-state index in [4.69, 9.17) is 0 Å². The Hall–Kier alpha value is -1.37. The molecule has 0 saturated heterocycles. The van der Waals surface area contributed by atoms with Crippen LogP contribution < -0.4 is 10.6 Å². The Balaban J connectivity index is 2.41. The van der Waals surface area contributed by atoms with Crippen molar-refractivity contribution in [3.8, 4) is 5.75 Å². The van der Waals surface area contributed by atoms with Crippen molar-refractivity contribution in [2.24, 2.45) is 0 Å². The van der Waals surface area contributed by atoms with E-state index in [1.165, 1.54) is 0 Å². The zero-order valence-corrected chi connectivity index (χ0v) is 12.4. The summed E-state index contributed by atoms with van der Waals surface area (Å²) in [5, 5.41) is 22.1. The van der Waals surface area contributed by atoms with Gasteiger partial charge in [-0.25, -0.2) is 0 Å². The lowest BCUT2D eigenvalue weighted by Crippen LogP contribution is -2.23. The van der Waals surface area contributed by atoms with Crippen LogP contribution in [0.3, 0.4) is 0 Å². The molecule has 2 rings (SSSR count). The molecule has 2 N–H and O–H groups in total. The quantitative estimate of drug-likeness (QED) is 0.844. The lowest BCUT2D eigenvalue weighted by atomic mass is 9.99. The molecule has 0 aliphatic rings. The Morgan fingerprint density at radius 3 is 2.37 bits per heavy atom. The van der Waals surface area contributed by atoms with E-state index in [0.717, 1.165) is 21.7 Å². The topological polar surface area (TPSA) is 40.5 Å². The summed E-state index contributed by atoms with van der Waals surface area (Å²) in [6, 6.07) is 13.5. The first-order valence-corrected chi connectivity index (χ1v) is 7.26. The van der Waals surface area contributed by atoms with Gasteiger partial charge >= 0.3 is 0 Å². The van der Waals surface area contributed by atoms with E-state index in [0.29, 0.717) is 14.3 Å². The molecule has 1 unspecified atom stereocenters. The minimum absolute atomic E-state index is 0.314. The van der Waals surface area contributed by atoms with E-state index in [1.54, 1.807) is 19.9 Å². The van der Waals surface area contributed by atoms with Crippen molar-refractivity contribution < 1.29 is 10.2 Å². The third kappa shape index (κ3) is 3.34. The number of aromatic hydroxyl groups is 1. The third-order valence-corrected chi connectivity index (χ3v) is 4.38. The van der Waals surface area contributed by atoms with Crippen molar-refractivity contribution in [3.05, 3.63) is 53.6 Å². The molecule has 0 spiro atoms. The lowest BCUT2D eigenvalue weighted by molar-refractivity contribution is 0.0797. The van der Waals surface area contributed by atoms with Gasteiger partial charge in [-0.1, -0.05) is 44.5 Å². The summed E-state index contributed by atoms with van der Waals surface area (Å²) in [4.78, 5) is 0. The summed E-state index contributed by atoms with van der Waals surface area (Å²) < 4.78 is 0. The molecule has 3 heteroatoms. The molecular weight excluding hydrogens is 255 g/mol. The second-order valence-electron chi connectivity index (χ2n) is 5.25. The van der Waals surface area contributed by atoms with E-state index in [2.05, 4.69) is 0 Å². The van der Waals surface area contributed by atoms with Gasteiger partial charge in [0.05, 0.1) is 5.60 Å². The molecule has 0 bridgehead atoms. The molecule has 0 heterocycles. The average molecular weight is 274 g/mol. The van der Waals surface area contributed by atoms with Gasteiger partial charge in [-0.3, -0.25) is 0 Å². The van der Waals surface area contributed by atoms with Gasteiger partial charge in [0.1, 0.15) is 5.75 Å². The minimum atomic E-state index is -0.872. The molecule has 0 radical (unpaired) electrons. The van der Waals surface area contributed by atoms with Crippen molar-refractivity contribution in [2.45, 2.75) is 26.4 Å². The van der Waals surface area contributed by atoms with Gasteiger partial charge in [-0.2, -0.15) is 0 Å². The average Bonchev–Trinajstić information content (AvgIpc) is 2.33. The highest BCUT2D eigenvalue weighted by Gasteiger charge is 2.20. The van der Waals surface area contributed by atoms with Crippen molar-refractivity contribution in [1.29, 1.82) is 0 Å². The van der Waals surface area contributed by atoms with Gasteiger partial charge < -0.3 is 10.2 Å². The Labute approximate surface area is 115 Å². The molecule has 0 amide bonds. The van der Waals surface area contributed by atoms with Crippen LogP contribution in [0.15, 0.2) is 42.5 Å². The maximum absolute atomic E-state index is 10.2. The van der Waals surface area contributed by atoms with Gasteiger partial charge in [0.2, 0.25) is 0 Å². The largest absolute Gasteiger partial charge is 0.507 e. The summed E-state index contributed by atoms with van der Waals surface area (Å²) in [6.45, 7) is 5.58. The number of rotatable bonds is 3. The van der Waals surface area contributed by atoms with Crippen LogP contribution in [0.25, 0.3) is 0 Å². The number of hydrogen-bond acceptors (Lipinski definition) is 2. The molecule has 2 aromatic carbocycles. The SMILES string of the molecule is Cc1ccc(O)c(Pc2ccccc2C(C)(C)O)c1. The van der Waals surface area contributed by atoms with E-state index >= 15 is 0 Å². The van der Waals surface area contributed by atoms with Crippen LogP contribution >= 0.6 is 8.58 Å². The highest BCUT2D eigenvalue weighted by atomic mass is 31.1. The lowest BCUT2D eigenvalue weighted by Gasteiger charge is -2.21. The van der Waals surface area contributed by atoms with Crippen LogP contribution in [-0.2, 0) is 5.60 Å². The number of hydrogen-bond donors (Lipinski definition) is 2. The molecule has 2 nitrogen and oxygen atoms in total. The summed E-state index contributed by atoms with van der Waals surface area (Å²) in [7, 11) is 0.334. The van der Waals surface area contributed by atoms with Crippen molar-refractivity contribution >= 4 is 19.2 Å². The predicted molar refractivity (Wildman–Crippen MR) is 82.1 cm³/mol. The fraction of sp³-hybridized carbons (Fsp3) is 0.250. The highest BCUT2D eigenvalue weighted by Crippen LogP contribution is 2.26. The number of aryl methyl sites for hydroxylation is 1. The first kappa shape index (κ1) is 14.0. The number of benzene rings is 2. The molecule has 2 aromatic rings. The van der Waals surface area contributed by atoms with Crippen molar-refractivity contribution in [1.82, 2.24) is 0 Å². The standard InChI is InChI=1S/C16H19O2P/c1-11-8-9-13(17)15(10-11)19-14-7-5-4-6-12(14)16(2,3)18/h4-10,17-19H,1-3H3. The molecular formula is C16H19O2P. The van der Waals surface area contributed by atoms with Crippen LogP contribution in [0.2, 0.25) is 0 Å². The number of phenols is 1. The van der Waals surface area contributed by atoms with Crippen LogP contribution in [0.5, 0.6) is 5.75 Å². The smallest absolute Gasteiger partial charge is 0.123 e. The maximum Gasteiger partial charge on any atom is 0.123 e. The fourth-order valence-corrected chi connectivity index (χ4v) is 3.53.